The monoisotopic (exact) mass is 443 g/mol. The zero-order chi connectivity index (χ0) is 22.7. The first-order chi connectivity index (χ1) is 14.8. The van der Waals surface area contributed by atoms with Gasteiger partial charge in [0.25, 0.3) is 11.7 Å². The molecule has 0 radical (unpaired) electrons. The molecule has 0 spiro atoms. The van der Waals surface area contributed by atoms with Gasteiger partial charge in [-0.3, -0.25) is 9.59 Å². The Morgan fingerprint density at radius 1 is 1.13 bits per heavy atom. The van der Waals surface area contributed by atoms with E-state index in [1.54, 1.807) is 0 Å². The van der Waals surface area contributed by atoms with Gasteiger partial charge < -0.3 is 19.5 Å². The summed E-state index contributed by atoms with van der Waals surface area (Å²) in [6.07, 6.45) is 1.61. The van der Waals surface area contributed by atoms with Crippen molar-refractivity contribution in [3.05, 3.63) is 63.7 Å². The summed E-state index contributed by atoms with van der Waals surface area (Å²) in [6, 6.07) is 9.89. The number of Topliss-reactive ketones (excluding diaryl/α,β-unsaturated/α-hetero) is 1. The van der Waals surface area contributed by atoms with Gasteiger partial charge in [-0.05, 0) is 25.0 Å². The van der Waals surface area contributed by atoms with Crippen LogP contribution in [0.2, 0.25) is 5.02 Å². The quantitative estimate of drug-likeness (QED) is 0.374. The van der Waals surface area contributed by atoms with Crippen molar-refractivity contribution in [2.45, 2.75) is 32.7 Å². The summed E-state index contributed by atoms with van der Waals surface area (Å²) >= 11 is 6.27. The highest BCUT2D eigenvalue weighted by Gasteiger charge is 2.46. The van der Waals surface area contributed by atoms with Crippen molar-refractivity contribution in [1.82, 2.24) is 4.90 Å². The minimum atomic E-state index is -0.728. The summed E-state index contributed by atoms with van der Waals surface area (Å²) in [7, 11) is 2.91. The number of rotatable bonds is 7. The van der Waals surface area contributed by atoms with Crippen LogP contribution in [0.25, 0.3) is 5.76 Å². The molecule has 7 heteroatoms. The third kappa shape index (κ3) is 4.26. The average Bonchev–Trinajstić information content (AvgIpc) is 3.01. The first kappa shape index (κ1) is 22.7. The molecular formula is C24H26ClNO5. The number of hydrogen-bond acceptors (Lipinski definition) is 5. The number of hydrogen-bond donors (Lipinski definition) is 1. The molecule has 3 rings (SSSR count). The summed E-state index contributed by atoms with van der Waals surface area (Å²) in [5.74, 6) is -1.03. The molecule has 1 fully saturated rings. The van der Waals surface area contributed by atoms with Crippen LogP contribution in [0.4, 0.5) is 0 Å². The molecule has 0 bridgehead atoms. The van der Waals surface area contributed by atoms with Crippen molar-refractivity contribution >= 4 is 29.1 Å². The number of carbonyl (C=O) groups is 2. The molecule has 1 saturated heterocycles. The van der Waals surface area contributed by atoms with Gasteiger partial charge >= 0.3 is 0 Å². The average molecular weight is 444 g/mol. The van der Waals surface area contributed by atoms with Crippen molar-refractivity contribution in [3.8, 4) is 11.5 Å². The van der Waals surface area contributed by atoms with Gasteiger partial charge in [0, 0.05) is 12.6 Å². The SMILES string of the molecule is CCCCN1C(=O)C(=O)/C(=C(/O)c2cc(Cl)c(OC)cc2OC)C1c1cccc(C)c1. The Labute approximate surface area is 187 Å². The molecule has 1 aliphatic heterocycles. The van der Waals surface area contributed by atoms with Crippen LogP contribution in [0.5, 0.6) is 11.5 Å². The minimum absolute atomic E-state index is 0.0197. The second-order valence-corrected chi connectivity index (χ2v) is 7.85. The highest BCUT2D eigenvalue weighted by molar-refractivity contribution is 6.46. The topological polar surface area (TPSA) is 76.1 Å². The van der Waals surface area contributed by atoms with E-state index in [1.165, 1.54) is 31.3 Å². The molecule has 1 N–H and O–H groups in total. The lowest BCUT2D eigenvalue weighted by atomic mass is 9.94. The van der Waals surface area contributed by atoms with Gasteiger partial charge in [0.2, 0.25) is 0 Å². The summed E-state index contributed by atoms with van der Waals surface area (Å²) in [4.78, 5) is 27.5. The molecule has 164 valence electrons. The number of unbranched alkanes of at least 4 members (excludes halogenated alkanes) is 1. The zero-order valence-electron chi connectivity index (χ0n) is 18.1. The van der Waals surface area contributed by atoms with Gasteiger partial charge in [0.15, 0.2) is 0 Å². The normalized spacial score (nSPS) is 17.8. The number of ketones is 1. The number of halogens is 1. The number of aryl methyl sites for hydroxylation is 1. The van der Waals surface area contributed by atoms with Crippen molar-refractivity contribution in [3.63, 3.8) is 0 Å². The Hall–Kier alpha value is -2.99. The molecule has 0 aromatic heterocycles. The molecule has 1 unspecified atom stereocenters. The molecule has 31 heavy (non-hydrogen) atoms. The van der Waals surface area contributed by atoms with Gasteiger partial charge in [-0.25, -0.2) is 0 Å². The zero-order valence-corrected chi connectivity index (χ0v) is 18.8. The van der Waals surface area contributed by atoms with E-state index < -0.39 is 17.7 Å². The Morgan fingerprint density at radius 2 is 1.84 bits per heavy atom. The maximum absolute atomic E-state index is 13.1. The molecule has 2 aromatic rings. The van der Waals surface area contributed by atoms with E-state index in [9.17, 15) is 14.7 Å². The first-order valence-electron chi connectivity index (χ1n) is 10.1. The van der Waals surface area contributed by atoms with Gasteiger partial charge in [-0.1, -0.05) is 54.8 Å². The summed E-state index contributed by atoms with van der Waals surface area (Å²) in [5, 5.41) is 11.5. The first-order valence-corrected chi connectivity index (χ1v) is 10.5. The van der Waals surface area contributed by atoms with Crippen LogP contribution in [-0.2, 0) is 9.59 Å². The van der Waals surface area contributed by atoms with Crippen LogP contribution in [0.15, 0.2) is 42.0 Å². The third-order valence-electron chi connectivity index (χ3n) is 5.38. The van der Waals surface area contributed by atoms with Crippen LogP contribution in [0.1, 0.15) is 42.5 Å². The van der Waals surface area contributed by atoms with E-state index in [0.29, 0.717) is 12.3 Å². The molecule has 1 heterocycles. The van der Waals surface area contributed by atoms with Crippen LogP contribution >= 0.6 is 11.6 Å². The lowest BCUT2D eigenvalue weighted by Gasteiger charge is -2.25. The van der Waals surface area contributed by atoms with E-state index in [2.05, 4.69) is 0 Å². The summed E-state index contributed by atoms with van der Waals surface area (Å²) < 4.78 is 10.6. The second-order valence-electron chi connectivity index (χ2n) is 7.45. The van der Waals surface area contributed by atoms with Gasteiger partial charge in [-0.15, -0.1) is 0 Å². The number of aliphatic hydroxyl groups is 1. The van der Waals surface area contributed by atoms with Crippen LogP contribution in [0, 0.1) is 6.92 Å². The molecular weight excluding hydrogens is 418 g/mol. The van der Waals surface area contributed by atoms with Crippen LogP contribution < -0.4 is 9.47 Å². The molecule has 1 aliphatic rings. The molecule has 0 saturated carbocycles. The maximum atomic E-state index is 13.1. The van der Waals surface area contributed by atoms with Gasteiger partial charge in [0.05, 0.1) is 36.4 Å². The maximum Gasteiger partial charge on any atom is 0.295 e. The molecule has 2 aromatic carbocycles. The smallest absolute Gasteiger partial charge is 0.295 e. The number of ether oxygens (including phenoxy) is 2. The van der Waals surface area contributed by atoms with E-state index in [4.69, 9.17) is 21.1 Å². The summed E-state index contributed by atoms with van der Waals surface area (Å²) in [5.41, 5.74) is 1.99. The standard InChI is InChI=1S/C24H26ClNO5/c1-5-6-10-26-21(15-9-7-8-14(2)11-15)20(23(28)24(26)29)22(27)16-12-17(25)19(31-4)13-18(16)30-3/h7-9,11-13,21,27H,5-6,10H2,1-4H3/b22-20+. The number of carbonyl (C=O) groups excluding carboxylic acids is 2. The van der Waals surface area contributed by atoms with Crippen LogP contribution in [-0.4, -0.2) is 42.5 Å². The third-order valence-corrected chi connectivity index (χ3v) is 5.67. The van der Waals surface area contributed by atoms with E-state index >= 15 is 0 Å². The Balaban J connectivity index is 2.25. The number of amides is 1. The van der Waals surface area contributed by atoms with Crippen molar-refractivity contribution in [1.29, 1.82) is 0 Å². The van der Waals surface area contributed by atoms with E-state index in [1.807, 2.05) is 38.1 Å². The molecule has 6 nitrogen and oxygen atoms in total. The highest BCUT2D eigenvalue weighted by atomic mass is 35.5. The summed E-state index contributed by atoms with van der Waals surface area (Å²) in [6.45, 7) is 4.37. The number of nitrogens with zero attached hydrogens (tertiary/aromatic N) is 1. The number of aliphatic hydroxyl groups excluding tert-OH is 1. The van der Waals surface area contributed by atoms with Crippen LogP contribution in [0.3, 0.4) is 0 Å². The number of benzene rings is 2. The number of likely N-dealkylation sites (tertiary alicyclic amines) is 1. The fourth-order valence-corrected chi connectivity index (χ4v) is 4.06. The Kier molecular flexibility index (Phi) is 6.91. The molecule has 0 aliphatic carbocycles. The van der Waals surface area contributed by atoms with E-state index in [-0.39, 0.29) is 27.7 Å². The number of methoxy groups -OCH3 is 2. The van der Waals surface area contributed by atoms with Crippen molar-refractivity contribution < 1.29 is 24.2 Å². The Morgan fingerprint density at radius 3 is 2.45 bits per heavy atom. The van der Waals surface area contributed by atoms with Gasteiger partial charge in [0.1, 0.15) is 17.3 Å². The van der Waals surface area contributed by atoms with Crippen molar-refractivity contribution in [2.75, 3.05) is 20.8 Å². The Bertz CT molecular complexity index is 1050. The fraction of sp³-hybridized carbons (Fsp3) is 0.333. The lowest BCUT2D eigenvalue weighted by Crippen LogP contribution is -2.30. The largest absolute Gasteiger partial charge is 0.507 e. The fourth-order valence-electron chi connectivity index (χ4n) is 3.82. The van der Waals surface area contributed by atoms with Gasteiger partial charge in [-0.2, -0.15) is 0 Å². The minimum Gasteiger partial charge on any atom is -0.507 e. The molecule has 1 atom stereocenters. The second kappa shape index (κ2) is 9.43. The van der Waals surface area contributed by atoms with Crippen molar-refractivity contribution in [2.24, 2.45) is 0 Å². The highest BCUT2D eigenvalue weighted by Crippen LogP contribution is 2.43. The lowest BCUT2D eigenvalue weighted by molar-refractivity contribution is -0.139. The van der Waals surface area contributed by atoms with E-state index in [0.717, 1.165) is 24.0 Å². The molecule has 1 amide bonds. The predicted molar refractivity (Wildman–Crippen MR) is 120 cm³/mol. The predicted octanol–water partition coefficient (Wildman–Crippen LogP) is 4.89.